The van der Waals surface area contributed by atoms with E-state index in [2.05, 4.69) is 149 Å². The SMILES string of the molecule is C#C.CC.CC.CC(C)(C)c1ccccc1[NH3+].CC=CC1=C([NH+]2C=CC(N3CCOCC3)=C2)/C(=C/C=C2/Nc3ccccc3[C@@H]2C)CCC1. The molecule has 1 saturated heterocycles. The summed E-state index contributed by atoms with van der Waals surface area (Å²) in [5, 5.41) is 3.63. The average Bonchev–Trinajstić information content (AvgIpc) is 3.75. The third-order valence-corrected chi connectivity index (χ3v) is 8.77. The predicted molar refractivity (Wildman–Crippen MR) is 211 cm³/mol. The van der Waals surface area contributed by atoms with E-state index in [9.17, 15) is 0 Å². The molecule has 0 bridgehead atoms. The largest absolute Gasteiger partial charge is 0.378 e. The summed E-state index contributed by atoms with van der Waals surface area (Å²) < 4.78 is 5.54. The summed E-state index contributed by atoms with van der Waals surface area (Å²) in [6, 6.07) is 16.9. The van der Waals surface area contributed by atoms with E-state index in [0.29, 0.717) is 5.92 Å². The highest BCUT2D eigenvalue weighted by atomic mass is 16.5. The fraction of sp³-hybridized carbons (Fsp3) is 0.409. The number of quaternary nitrogens is 2. The first-order valence-electron chi connectivity index (χ1n) is 18.2. The number of morpholine rings is 1. The van der Waals surface area contributed by atoms with Crippen molar-refractivity contribution in [2.45, 2.75) is 92.9 Å². The van der Waals surface area contributed by atoms with Gasteiger partial charge in [-0.3, -0.25) is 0 Å². The van der Waals surface area contributed by atoms with Crippen LogP contribution in [0.4, 0.5) is 11.4 Å². The standard InChI is InChI=1S/C28H33N3O.C10H15N.2C2H6.C2H2/c1-3-7-22-8-6-9-23(12-13-26-21(2)25-10-4-5-11-27(25)29-26)28(22)31-15-14-24(20-31)30-16-18-32-19-17-30;1-10(2,3)8-6-4-5-7-9(8)11;3*1-2/h3-5,7,10-15,20-21,29H,6,8-9,16-19H2,1-2H3;4-7H,11H2,1-3H3;2*1-2H3;1-2H/p+2/b7-3?,23-12+,26-13+;;;;/t21-;;;;/m0..../s1. The number of terminal acetylenes is 1. The molecule has 1 aliphatic carbocycles. The van der Waals surface area contributed by atoms with Gasteiger partial charge in [-0.2, -0.15) is 0 Å². The number of hydrogen-bond acceptors (Lipinski definition) is 3. The van der Waals surface area contributed by atoms with Gasteiger partial charge < -0.3 is 20.7 Å². The normalized spacial score (nSPS) is 21.2. The number of rotatable bonds is 4. The van der Waals surface area contributed by atoms with Gasteiger partial charge in [-0.15, -0.1) is 12.8 Å². The van der Waals surface area contributed by atoms with Crippen LogP contribution in [0.25, 0.3) is 0 Å². The van der Waals surface area contributed by atoms with Gasteiger partial charge in [-0.1, -0.05) is 110 Å². The Morgan fingerprint density at radius 3 is 2.20 bits per heavy atom. The second-order valence-corrected chi connectivity index (χ2v) is 12.9. The molecule has 3 heterocycles. The Kier molecular flexibility index (Phi) is 17.7. The zero-order valence-electron chi connectivity index (χ0n) is 31.9. The van der Waals surface area contributed by atoms with Crippen molar-refractivity contribution in [1.82, 2.24) is 4.90 Å². The predicted octanol–water partition coefficient (Wildman–Crippen LogP) is 8.79. The van der Waals surface area contributed by atoms with Gasteiger partial charge in [0.25, 0.3) is 0 Å². The first-order valence-corrected chi connectivity index (χ1v) is 18.2. The molecule has 0 saturated carbocycles. The van der Waals surface area contributed by atoms with Crippen LogP contribution in [0.5, 0.6) is 0 Å². The van der Waals surface area contributed by atoms with E-state index < -0.39 is 0 Å². The van der Waals surface area contributed by atoms with Crippen LogP contribution in [0.2, 0.25) is 0 Å². The van der Waals surface area contributed by atoms with Crippen LogP contribution in [0.1, 0.15) is 98.6 Å². The molecule has 0 radical (unpaired) electrons. The maximum atomic E-state index is 5.54. The summed E-state index contributed by atoms with van der Waals surface area (Å²) in [6.07, 6.45) is 27.6. The molecule has 3 aliphatic heterocycles. The van der Waals surface area contributed by atoms with Crippen LogP contribution < -0.4 is 16.0 Å². The summed E-state index contributed by atoms with van der Waals surface area (Å²) in [7, 11) is 0. The molecule has 1 unspecified atom stereocenters. The molecule has 2 aromatic carbocycles. The molecule has 5 heteroatoms. The van der Waals surface area contributed by atoms with Crippen molar-refractivity contribution < 1.29 is 15.4 Å². The van der Waals surface area contributed by atoms with Crippen molar-refractivity contribution in [3.63, 3.8) is 0 Å². The molecule has 264 valence electrons. The highest BCUT2D eigenvalue weighted by Crippen LogP contribution is 2.38. The molecule has 5 nitrogen and oxygen atoms in total. The average molecular weight is 665 g/mol. The van der Waals surface area contributed by atoms with Crippen LogP contribution in [-0.4, -0.2) is 31.2 Å². The van der Waals surface area contributed by atoms with Crippen LogP contribution in [0.15, 0.2) is 120 Å². The van der Waals surface area contributed by atoms with Crippen molar-refractivity contribution in [3.05, 3.63) is 131 Å². The van der Waals surface area contributed by atoms with E-state index >= 15 is 0 Å². The van der Waals surface area contributed by atoms with Gasteiger partial charge >= 0.3 is 0 Å². The summed E-state index contributed by atoms with van der Waals surface area (Å²) in [6.45, 7) is 22.6. The first kappa shape index (κ1) is 41.1. The van der Waals surface area contributed by atoms with Gasteiger partial charge in [0, 0.05) is 53.2 Å². The summed E-state index contributed by atoms with van der Waals surface area (Å²) in [4.78, 5) is 3.79. The zero-order chi connectivity index (χ0) is 36.4. The highest BCUT2D eigenvalue weighted by molar-refractivity contribution is 5.65. The minimum atomic E-state index is 0.221. The second-order valence-electron chi connectivity index (χ2n) is 12.9. The molecule has 1 fully saturated rings. The highest BCUT2D eigenvalue weighted by Gasteiger charge is 2.29. The molecule has 2 atom stereocenters. The van der Waals surface area contributed by atoms with E-state index in [-0.39, 0.29) is 5.41 Å². The number of nitrogens with one attached hydrogen (secondary N) is 2. The smallest absolute Gasteiger partial charge is 0.146 e. The van der Waals surface area contributed by atoms with Crippen molar-refractivity contribution in [3.8, 4) is 12.8 Å². The number of allylic oxidation sites excluding steroid dienone is 8. The Morgan fingerprint density at radius 1 is 0.939 bits per heavy atom. The van der Waals surface area contributed by atoms with Gasteiger partial charge in [0.1, 0.15) is 23.8 Å². The Morgan fingerprint density at radius 2 is 1.59 bits per heavy atom. The lowest BCUT2D eigenvalue weighted by Crippen LogP contribution is -3.00. The zero-order valence-corrected chi connectivity index (χ0v) is 31.9. The van der Waals surface area contributed by atoms with Gasteiger partial charge in [-0.25, -0.2) is 4.90 Å². The number of ether oxygens (including phenoxy) is 1. The number of para-hydroxylation sites is 1. The first-order chi connectivity index (χ1) is 23.8. The fourth-order valence-corrected chi connectivity index (χ4v) is 6.48. The molecule has 0 spiro atoms. The molecule has 4 aliphatic rings. The quantitative estimate of drug-likeness (QED) is 0.287. The maximum Gasteiger partial charge on any atom is 0.146 e. The molecule has 0 aromatic heterocycles. The third kappa shape index (κ3) is 11.2. The number of nitrogens with zero attached hydrogens (tertiary/aromatic N) is 1. The fourth-order valence-electron chi connectivity index (χ4n) is 6.48. The summed E-state index contributed by atoms with van der Waals surface area (Å²) in [5.74, 6) is 0.404. The summed E-state index contributed by atoms with van der Waals surface area (Å²) in [5.41, 5.74) is 16.2. The van der Waals surface area contributed by atoms with Gasteiger partial charge in [0.15, 0.2) is 0 Å². The van der Waals surface area contributed by atoms with Crippen LogP contribution in [-0.2, 0) is 10.2 Å². The van der Waals surface area contributed by atoms with Crippen LogP contribution in [0.3, 0.4) is 0 Å². The van der Waals surface area contributed by atoms with Gasteiger partial charge in [-0.05, 0) is 55.4 Å². The van der Waals surface area contributed by atoms with Gasteiger partial charge in [0.05, 0.1) is 18.9 Å². The van der Waals surface area contributed by atoms with E-state index in [1.807, 2.05) is 33.8 Å². The van der Waals surface area contributed by atoms with Gasteiger partial charge in [0.2, 0.25) is 0 Å². The molecular weight excluding hydrogens is 601 g/mol. The number of anilines is 1. The van der Waals surface area contributed by atoms with Crippen LogP contribution in [0, 0.1) is 12.8 Å². The van der Waals surface area contributed by atoms with Crippen molar-refractivity contribution in [1.29, 1.82) is 0 Å². The Bertz CT molecular complexity index is 1520. The Labute approximate surface area is 299 Å². The molecule has 49 heavy (non-hydrogen) atoms. The Balaban J connectivity index is 0.000000412. The number of benzene rings is 2. The minimum Gasteiger partial charge on any atom is -0.378 e. The lowest BCUT2D eigenvalue weighted by Gasteiger charge is -2.28. The van der Waals surface area contributed by atoms with Crippen LogP contribution >= 0.6 is 0 Å². The van der Waals surface area contributed by atoms with E-state index in [4.69, 9.17) is 4.74 Å². The van der Waals surface area contributed by atoms with Crippen molar-refractivity contribution >= 4 is 11.4 Å². The van der Waals surface area contributed by atoms with E-state index in [1.54, 1.807) is 0 Å². The lowest BCUT2D eigenvalue weighted by molar-refractivity contribution is -0.741. The topological polar surface area (TPSA) is 56.6 Å². The van der Waals surface area contributed by atoms with Crippen molar-refractivity contribution in [2.24, 2.45) is 0 Å². The molecule has 5 N–H and O–H groups in total. The number of fused-ring (bicyclic) bond motifs is 1. The third-order valence-electron chi connectivity index (χ3n) is 8.77. The Hall–Kier alpha value is -4.08. The monoisotopic (exact) mass is 665 g/mol. The maximum absolute atomic E-state index is 5.54. The molecule has 2 aromatic rings. The van der Waals surface area contributed by atoms with E-state index in [0.717, 1.165) is 44.8 Å². The van der Waals surface area contributed by atoms with E-state index in [1.165, 1.54) is 56.4 Å². The minimum absolute atomic E-state index is 0.221. The van der Waals surface area contributed by atoms with Crippen molar-refractivity contribution in [2.75, 3.05) is 31.6 Å². The molecule has 6 rings (SSSR count). The second kappa shape index (κ2) is 21.1. The summed E-state index contributed by atoms with van der Waals surface area (Å²) >= 11 is 0. The molecular formula is C44H64N4O+2. The number of hydrogen-bond donors (Lipinski definition) is 3. The molecule has 0 amide bonds. The lowest BCUT2D eigenvalue weighted by atomic mass is 9.86.